The standard InChI is InChI=1S/C49H64B33NO2/c50-8-1(2-12(54)45-42-46(13(2)55)85-48-39(81)33(75)29(71)35(77)41(48)82(42)40-34(76)28(70)32(74)38(80)47(40)84-45)9(51)19(61)14(56)5(8)49(6-15(57)22(64)26(68)23(65)16(6)58,7-17(59)24(66)27(69)25(67)18(7)60)83-43-3(10(52)20(62)30(72)36(43)78)4-11(53)21(63)31(73)37(79)44(4)83/h50-81H2. The van der Waals surface area contributed by atoms with Gasteiger partial charge in [0.1, 0.15) is 280 Å². The molecule has 0 radical (unpaired) electrons. The van der Waals surface area contributed by atoms with Crippen molar-refractivity contribution in [2.24, 2.45) is 0 Å². The van der Waals surface area contributed by atoms with Gasteiger partial charge in [0, 0.05) is 16.5 Å². The minimum atomic E-state index is -0.942. The normalized spacial score (nSPS) is 12.5. The number of hydrogen-bond acceptors (Lipinski definition) is 2. The highest BCUT2D eigenvalue weighted by Gasteiger charge is 2.50. The van der Waals surface area contributed by atoms with Crippen LogP contribution in [0.1, 0.15) is 16.7 Å². The van der Waals surface area contributed by atoms with Crippen molar-refractivity contribution >= 4 is 471 Å². The zero-order valence-corrected chi connectivity index (χ0v) is 58.3. The molecule has 0 saturated heterocycles. The van der Waals surface area contributed by atoms with E-state index in [-0.39, 0.29) is 6.71 Å². The first-order valence-corrected chi connectivity index (χ1v) is 31.6. The number of rotatable bonds is 5. The van der Waals surface area contributed by atoms with Crippen LogP contribution in [0.15, 0.2) is 0 Å². The van der Waals surface area contributed by atoms with Gasteiger partial charge in [-0.25, -0.2) is 0 Å². The fourth-order valence-corrected chi connectivity index (χ4v) is 17.4. The Kier molecular flexibility index (Phi) is 15.1. The first-order chi connectivity index (χ1) is 39.6. The Labute approximate surface area is 537 Å². The fourth-order valence-electron chi connectivity index (χ4n) is 17.4. The van der Waals surface area contributed by atoms with Crippen molar-refractivity contribution in [3.05, 3.63) is 16.7 Å². The van der Waals surface area contributed by atoms with E-state index in [1.807, 2.05) is 0 Å². The molecular formula is C49H64B33NO2. The largest absolute Gasteiger partial charge is 0.460 e. The molecule has 0 bridgehead atoms. The third kappa shape index (κ3) is 7.75. The molecule has 0 spiro atoms. The van der Waals surface area contributed by atoms with Crippen molar-refractivity contribution < 1.29 is 9.47 Å². The molecule has 1 aromatic heterocycles. The highest BCUT2D eigenvalue weighted by Crippen LogP contribution is 2.42. The highest BCUT2D eigenvalue weighted by molar-refractivity contribution is 7.04. The molecule has 0 amide bonds. The summed E-state index contributed by atoms with van der Waals surface area (Å²) in [5.41, 5.74) is 54.3. The van der Waals surface area contributed by atoms with Gasteiger partial charge in [-0.3, -0.25) is 0 Å². The SMILES string of the molecule is Bc1c(B)c(B)c(C(c2c(B)c(B)c(B)c(B)c2B)(c2c(B)c(B)c(B)c(-c3c(B)c4c5c(c3B)Oc3c(B)c(B)c(B)c(B)c3B5c3c(B)c(B)c(B)c(B)c3O4)c2B)n2c3c(B)c(B)c(B)c(B)c3c3c(B)c(B)c(B)c(B)c32)c(B)c1B. The van der Waals surface area contributed by atoms with Gasteiger partial charge in [-0.05, 0) is 60.4 Å². The Hall–Kier alpha value is -4.70. The maximum atomic E-state index is 7.73. The fraction of sp³-hybridized carbons (Fsp3) is 0.0204. The molecule has 2 aliphatic heterocycles. The van der Waals surface area contributed by atoms with Gasteiger partial charge in [0.05, 0.1) is 0 Å². The van der Waals surface area contributed by atoms with Gasteiger partial charge in [0.15, 0.2) is 0 Å². The number of nitrogens with zero attached hydrogens (tertiary/aromatic N) is 1. The van der Waals surface area contributed by atoms with E-state index < -0.39 is 5.54 Å². The Morgan fingerprint density at radius 2 is 0.447 bits per heavy atom. The summed E-state index contributed by atoms with van der Waals surface area (Å²) in [6.07, 6.45) is 0. The predicted octanol–water partition coefficient (Wildman–Crippen LogP) is -45.7. The molecule has 3 nitrogen and oxygen atoms in total. The molecule has 85 heavy (non-hydrogen) atoms. The lowest BCUT2D eigenvalue weighted by molar-refractivity contribution is 0.474. The number of benzene rings is 8. The maximum absolute atomic E-state index is 7.73. The van der Waals surface area contributed by atoms with E-state index in [1.54, 1.807) is 0 Å². The van der Waals surface area contributed by atoms with Crippen molar-refractivity contribution in [3.63, 3.8) is 0 Å². The average molecular weight is 1060 g/mol. The molecule has 0 N–H and O–H groups in total. The predicted molar refractivity (Wildman–Crippen MR) is 479 cm³/mol. The summed E-state index contributed by atoms with van der Waals surface area (Å²) in [7, 11) is 76.2. The van der Waals surface area contributed by atoms with Crippen LogP contribution in [0.3, 0.4) is 0 Å². The second-order valence-corrected chi connectivity index (χ2v) is 27.6. The van der Waals surface area contributed by atoms with Gasteiger partial charge in [0.25, 0.3) is 6.71 Å². The second-order valence-electron chi connectivity index (χ2n) is 27.6. The van der Waals surface area contributed by atoms with Crippen LogP contribution in [0.4, 0.5) is 0 Å². The van der Waals surface area contributed by atoms with Gasteiger partial charge in [0.2, 0.25) is 0 Å². The van der Waals surface area contributed by atoms with Crippen molar-refractivity contribution in [2.45, 2.75) is 5.54 Å². The minimum Gasteiger partial charge on any atom is -0.460 e. The first-order valence-electron chi connectivity index (χ1n) is 31.6. The lowest BCUT2D eigenvalue weighted by Gasteiger charge is -2.48. The van der Waals surface area contributed by atoms with Crippen molar-refractivity contribution in [1.82, 2.24) is 4.57 Å². The van der Waals surface area contributed by atoms with E-state index in [2.05, 4.69) is 256 Å². The molecule has 376 valence electrons. The van der Waals surface area contributed by atoms with E-state index in [0.717, 1.165) is 39.4 Å². The van der Waals surface area contributed by atoms with E-state index in [4.69, 9.17) is 9.47 Å². The first kappa shape index (κ1) is 61.9. The van der Waals surface area contributed by atoms with Gasteiger partial charge in [-0.2, -0.15) is 0 Å². The van der Waals surface area contributed by atoms with Crippen LogP contribution < -0.4 is 201 Å². The second kappa shape index (κ2) is 20.7. The molecule has 11 rings (SSSR count). The van der Waals surface area contributed by atoms with Crippen LogP contribution in [0.25, 0.3) is 32.9 Å². The summed E-state index contributed by atoms with van der Waals surface area (Å²) in [6.45, 7) is -0.0593. The van der Waals surface area contributed by atoms with Crippen molar-refractivity contribution in [3.8, 4) is 34.1 Å². The van der Waals surface area contributed by atoms with Gasteiger partial charge in [-0.15, -0.1) is 60.1 Å². The molecule has 0 unspecified atom stereocenters. The van der Waals surface area contributed by atoms with Gasteiger partial charge >= 0.3 is 0 Å². The maximum Gasteiger partial charge on any atom is 0.259 e. The van der Waals surface area contributed by atoms with Crippen LogP contribution in [-0.4, -0.2) is 262 Å². The smallest absolute Gasteiger partial charge is 0.259 e. The molecule has 3 heterocycles. The monoisotopic (exact) mass is 1060 g/mol. The van der Waals surface area contributed by atoms with Crippen LogP contribution >= 0.6 is 0 Å². The number of hydrogen-bond donors (Lipinski definition) is 0. The van der Waals surface area contributed by atoms with E-state index in [0.29, 0.717) is 0 Å². The Bertz CT molecular complexity index is 4400. The lowest BCUT2D eigenvalue weighted by atomic mass is 9.30. The minimum absolute atomic E-state index is 0.0593. The number of ether oxygens (including phenoxy) is 2. The lowest BCUT2D eigenvalue weighted by Crippen LogP contribution is -2.73. The Morgan fingerprint density at radius 1 is 0.212 bits per heavy atom. The quantitative estimate of drug-likeness (QED) is 0.127. The molecular weight excluding hydrogens is 991 g/mol. The van der Waals surface area contributed by atoms with Gasteiger partial charge < -0.3 is 14.0 Å². The van der Waals surface area contributed by atoms with Crippen molar-refractivity contribution in [2.75, 3.05) is 0 Å². The third-order valence-corrected chi connectivity index (χ3v) is 24.9. The van der Waals surface area contributed by atoms with E-state index in [1.165, 1.54) is 224 Å². The zero-order valence-electron chi connectivity index (χ0n) is 58.3. The van der Waals surface area contributed by atoms with Crippen LogP contribution in [0.2, 0.25) is 0 Å². The summed E-state index contributed by atoms with van der Waals surface area (Å²) in [5, 5.41) is 2.76. The van der Waals surface area contributed by atoms with Crippen LogP contribution in [0, 0.1) is 0 Å². The summed E-state index contributed by atoms with van der Waals surface area (Å²) in [4.78, 5) is 0. The molecule has 0 fully saturated rings. The van der Waals surface area contributed by atoms with Crippen LogP contribution in [-0.2, 0) is 5.54 Å². The van der Waals surface area contributed by atoms with E-state index >= 15 is 0 Å². The van der Waals surface area contributed by atoms with Gasteiger partial charge in [-0.1, -0.05) is 104 Å². The third-order valence-electron chi connectivity index (χ3n) is 24.9. The Balaban J connectivity index is 1.47. The molecule has 2 aliphatic rings. The highest BCUT2D eigenvalue weighted by atomic mass is 16.5. The molecule has 0 atom stereocenters. The van der Waals surface area contributed by atoms with Crippen LogP contribution in [0.5, 0.6) is 23.0 Å². The topological polar surface area (TPSA) is 23.4 Å². The summed E-state index contributed by atoms with van der Waals surface area (Å²) in [5.74, 6) is 3.89. The number of aromatic nitrogens is 1. The molecule has 9 aromatic rings. The zero-order chi connectivity index (χ0) is 62.8. The Morgan fingerprint density at radius 3 is 0.788 bits per heavy atom. The summed E-state index contributed by atoms with van der Waals surface area (Å²) < 4.78 is 18.5. The molecule has 8 aromatic carbocycles. The average Bonchev–Trinajstić information content (AvgIpc) is 1.68. The van der Waals surface area contributed by atoms with E-state index in [9.17, 15) is 0 Å². The molecule has 36 heteroatoms. The summed E-state index contributed by atoms with van der Waals surface area (Å²) in [6, 6.07) is 0. The van der Waals surface area contributed by atoms with Crippen molar-refractivity contribution in [1.29, 1.82) is 0 Å². The molecule has 0 saturated carbocycles. The number of fused-ring (bicyclic) bond motifs is 7. The molecule has 0 aliphatic carbocycles. The summed E-state index contributed by atoms with van der Waals surface area (Å²) >= 11 is 0.